The monoisotopic (exact) mass is 365 g/mol. The molecule has 116 valence electrons. The molecule has 1 atom stereocenters. The lowest BCUT2D eigenvalue weighted by atomic mass is 9.98. The number of hydrogen-bond donors (Lipinski definition) is 0. The van der Waals surface area contributed by atoms with Gasteiger partial charge in [-0.05, 0) is 30.7 Å². The summed E-state index contributed by atoms with van der Waals surface area (Å²) in [5.41, 5.74) is 0. The lowest BCUT2D eigenvalue weighted by Gasteiger charge is -2.21. The summed E-state index contributed by atoms with van der Waals surface area (Å²) in [6.07, 6.45) is 1.31. The molecule has 3 rings (SSSR count). The Morgan fingerprint density at radius 1 is 1.36 bits per heavy atom. The first-order valence-electron chi connectivity index (χ1n) is 7.04. The lowest BCUT2D eigenvalue weighted by molar-refractivity contribution is -0.146. The zero-order chi connectivity index (χ0) is 15.5. The van der Waals surface area contributed by atoms with E-state index in [0.29, 0.717) is 19.6 Å². The van der Waals surface area contributed by atoms with Crippen LogP contribution in [0.1, 0.15) is 18.1 Å². The molecule has 0 saturated heterocycles. The summed E-state index contributed by atoms with van der Waals surface area (Å²) in [5.74, 6) is 2.07. The molecule has 1 aromatic heterocycles. The largest absolute Gasteiger partial charge is 0.486 e. The topological polar surface area (TPSA) is 66.2 Å². The summed E-state index contributed by atoms with van der Waals surface area (Å²) >= 11 is 3.39. The SMILES string of the molecule is COC(=O)C1CCn2c(COc3ccc(Br)cc3)nnc2C1. The fraction of sp³-hybridized carbons (Fsp3) is 0.400. The molecule has 1 aliphatic rings. The van der Waals surface area contributed by atoms with E-state index in [0.717, 1.165) is 28.3 Å². The van der Waals surface area contributed by atoms with E-state index in [1.807, 2.05) is 28.8 Å². The fourth-order valence-electron chi connectivity index (χ4n) is 2.54. The molecule has 22 heavy (non-hydrogen) atoms. The molecule has 0 saturated carbocycles. The summed E-state index contributed by atoms with van der Waals surface area (Å²) < 4.78 is 13.6. The molecule has 0 spiro atoms. The summed E-state index contributed by atoms with van der Waals surface area (Å²) in [5, 5.41) is 8.34. The maximum absolute atomic E-state index is 11.6. The van der Waals surface area contributed by atoms with Gasteiger partial charge in [-0.3, -0.25) is 4.79 Å². The van der Waals surface area contributed by atoms with Crippen molar-refractivity contribution in [1.82, 2.24) is 14.8 Å². The molecule has 0 fully saturated rings. The second kappa shape index (κ2) is 6.48. The number of carbonyl (C=O) groups is 1. The van der Waals surface area contributed by atoms with E-state index < -0.39 is 0 Å². The molecular weight excluding hydrogens is 350 g/mol. The quantitative estimate of drug-likeness (QED) is 0.778. The number of esters is 1. The fourth-order valence-corrected chi connectivity index (χ4v) is 2.81. The summed E-state index contributed by atoms with van der Waals surface area (Å²) in [7, 11) is 1.42. The van der Waals surface area contributed by atoms with Gasteiger partial charge in [-0.15, -0.1) is 10.2 Å². The number of hydrogen-bond acceptors (Lipinski definition) is 5. The van der Waals surface area contributed by atoms with Crippen LogP contribution in [0.25, 0.3) is 0 Å². The van der Waals surface area contributed by atoms with Crippen LogP contribution in [0.4, 0.5) is 0 Å². The smallest absolute Gasteiger partial charge is 0.309 e. The van der Waals surface area contributed by atoms with Crippen molar-refractivity contribution < 1.29 is 14.3 Å². The first-order valence-corrected chi connectivity index (χ1v) is 7.84. The molecule has 1 aliphatic heterocycles. The average molecular weight is 366 g/mol. The number of rotatable bonds is 4. The van der Waals surface area contributed by atoms with Crippen molar-refractivity contribution >= 4 is 21.9 Å². The summed E-state index contributed by atoms with van der Waals surface area (Å²) in [6.45, 7) is 1.07. The standard InChI is InChI=1S/C15H16BrN3O3/c1-21-15(20)10-6-7-19-13(8-10)17-18-14(19)9-22-12-4-2-11(16)3-5-12/h2-5,10H,6-9H2,1H3. The van der Waals surface area contributed by atoms with Gasteiger partial charge in [0.1, 0.15) is 18.2 Å². The Bertz CT molecular complexity index is 669. The van der Waals surface area contributed by atoms with E-state index in [1.54, 1.807) is 0 Å². The minimum Gasteiger partial charge on any atom is -0.486 e. The third-order valence-corrected chi connectivity index (χ3v) is 4.28. The van der Waals surface area contributed by atoms with Gasteiger partial charge < -0.3 is 14.0 Å². The first-order chi connectivity index (χ1) is 10.7. The number of ether oxygens (including phenoxy) is 2. The Morgan fingerprint density at radius 3 is 2.86 bits per heavy atom. The zero-order valence-corrected chi connectivity index (χ0v) is 13.7. The molecule has 2 heterocycles. The van der Waals surface area contributed by atoms with E-state index in [1.165, 1.54) is 7.11 Å². The van der Waals surface area contributed by atoms with E-state index in [2.05, 4.69) is 26.1 Å². The van der Waals surface area contributed by atoms with Gasteiger partial charge in [0.25, 0.3) is 0 Å². The highest BCUT2D eigenvalue weighted by atomic mass is 79.9. The van der Waals surface area contributed by atoms with Crippen molar-refractivity contribution in [3.8, 4) is 5.75 Å². The minimum atomic E-state index is -0.179. The Kier molecular flexibility index (Phi) is 4.42. The van der Waals surface area contributed by atoms with Gasteiger partial charge in [-0.1, -0.05) is 15.9 Å². The summed E-state index contributed by atoms with van der Waals surface area (Å²) in [6, 6.07) is 7.64. The number of benzene rings is 1. The zero-order valence-electron chi connectivity index (χ0n) is 12.2. The molecule has 0 amide bonds. The molecule has 0 radical (unpaired) electrons. The maximum Gasteiger partial charge on any atom is 0.309 e. The molecule has 0 aliphatic carbocycles. The van der Waals surface area contributed by atoms with Crippen LogP contribution in [0.2, 0.25) is 0 Å². The Labute approximate surface area is 136 Å². The van der Waals surface area contributed by atoms with Crippen molar-refractivity contribution in [3.63, 3.8) is 0 Å². The molecule has 0 N–H and O–H groups in total. The molecule has 2 aromatic rings. The predicted molar refractivity (Wildman–Crippen MR) is 82.3 cm³/mol. The second-order valence-electron chi connectivity index (χ2n) is 5.14. The van der Waals surface area contributed by atoms with E-state index >= 15 is 0 Å². The van der Waals surface area contributed by atoms with E-state index in [9.17, 15) is 4.79 Å². The first kappa shape index (κ1) is 15.0. The normalized spacial score (nSPS) is 16.9. The van der Waals surface area contributed by atoms with Crippen LogP contribution >= 0.6 is 15.9 Å². The number of halogens is 1. The van der Waals surface area contributed by atoms with Crippen LogP contribution in [0, 0.1) is 5.92 Å². The molecular formula is C15H16BrN3O3. The number of fused-ring (bicyclic) bond motifs is 1. The van der Waals surface area contributed by atoms with Gasteiger partial charge in [0.05, 0.1) is 13.0 Å². The Morgan fingerprint density at radius 2 is 2.14 bits per heavy atom. The van der Waals surface area contributed by atoms with Crippen LogP contribution in [0.3, 0.4) is 0 Å². The Balaban J connectivity index is 1.66. The number of methoxy groups -OCH3 is 1. The molecule has 0 bridgehead atoms. The van der Waals surface area contributed by atoms with Gasteiger partial charge in [0, 0.05) is 17.4 Å². The van der Waals surface area contributed by atoms with Crippen molar-refractivity contribution in [2.24, 2.45) is 5.92 Å². The maximum atomic E-state index is 11.6. The average Bonchev–Trinajstić information content (AvgIpc) is 2.96. The number of aromatic nitrogens is 3. The predicted octanol–water partition coefficient (Wildman–Crippen LogP) is 2.36. The van der Waals surface area contributed by atoms with Gasteiger partial charge in [0.15, 0.2) is 5.82 Å². The van der Waals surface area contributed by atoms with Crippen LogP contribution in [0.15, 0.2) is 28.7 Å². The second-order valence-corrected chi connectivity index (χ2v) is 6.06. The highest BCUT2D eigenvalue weighted by molar-refractivity contribution is 9.10. The van der Waals surface area contributed by atoms with Crippen molar-refractivity contribution in [2.45, 2.75) is 26.0 Å². The summed E-state index contributed by atoms with van der Waals surface area (Å²) in [4.78, 5) is 11.6. The van der Waals surface area contributed by atoms with Crippen molar-refractivity contribution in [3.05, 3.63) is 40.4 Å². The van der Waals surface area contributed by atoms with Gasteiger partial charge in [-0.2, -0.15) is 0 Å². The van der Waals surface area contributed by atoms with E-state index in [4.69, 9.17) is 9.47 Å². The van der Waals surface area contributed by atoms with E-state index in [-0.39, 0.29) is 11.9 Å². The van der Waals surface area contributed by atoms with Crippen molar-refractivity contribution in [1.29, 1.82) is 0 Å². The third-order valence-electron chi connectivity index (χ3n) is 3.75. The molecule has 6 nitrogen and oxygen atoms in total. The highest BCUT2D eigenvalue weighted by Crippen LogP contribution is 2.22. The van der Waals surface area contributed by atoms with Crippen LogP contribution in [-0.4, -0.2) is 27.8 Å². The Hall–Kier alpha value is -1.89. The molecule has 1 aromatic carbocycles. The minimum absolute atomic E-state index is 0.123. The molecule has 1 unspecified atom stereocenters. The van der Waals surface area contributed by atoms with Gasteiger partial charge >= 0.3 is 5.97 Å². The van der Waals surface area contributed by atoms with Crippen LogP contribution in [-0.2, 0) is 29.1 Å². The van der Waals surface area contributed by atoms with Crippen LogP contribution < -0.4 is 4.74 Å². The lowest BCUT2D eigenvalue weighted by Crippen LogP contribution is -2.27. The molecule has 7 heteroatoms. The van der Waals surface area contributed by atoms with Gasteiger partial charge in [0.2, 0.25) is 0 Å². The van der Waals surface area contributed by atoms with Crippen LogP contribution in [0.5, 0.6) is 5.75 Å². The van der Waals surface area contributed by atoms with Gasteiger partial charge in [-0.25, -0.2) is 0 Å². The van der Waals surface area contributed by atoms with Crippen molar-refractivity contribution in [2.75, 3.05) is 7.11 Å². The number of nitrogens with zero attached hydrogens (tertiary/aromatic N) is 3. The third kappa shape index (κ3) is 3.14. The highest BCUT2D eigenvalue weighted by Gasteiger charge is 2.28. The number of carbonyl (C=O) groups excluding carboxylic acids is 1.